The molecule has 0 aliphatic heterocycles. The quantitative estimate of drug-likeness (QED) is 0.498. The van der Waals surface area contributed by atoms with Crippen LogP contribution < -0.4 is 10.6 Å². The van der Waals surface area contributed by atoms with Crippen LogP contribution in [0, 0.1) is 5.82 Å². The van der Waals surface area contributed by atoms with E-state index >= 15 is 0 Å². The fourth-order valence-electron chi connectivity index (χ4n) is 3.03. The third-order valence-corrected chi connectivity index (χ3v) is 4.53. The summed E-state index contributed by atoms with van der Waals surface area (Å²) in [6.45, 7) is 3.54. The number of nitrogens with zero attached hydrogens (tertiary/aromatic N) is 1. The summed E-state index contributed by atoms with van der Waals surface area (Å²) in [5.74, 6) is 0.743. The molecule has 1 saturated carbocycles. The molecule has 2 N–H and O–H groups in total. The van der Waals surface area contributed by atoms with E-state index in [1.165, 1.54) is 0 Å². The Labute approximate surface area is 131 Å². The highest BCUT2D eigenvalue weighted by Gasteiger charge is 2.45. The van der Waals surface area contributed by atoms with Crippen molar-refractivity contribution in [3.8, 4) is 0 Å². The van der Waals surface area contributed by atoms with E-state index in [9.17, 15) is 4.39 Å². The van der Waals surface area contributed by atoms with Crippen LogP contribution in [0.15, 0.2) is 41.4 Å². The molecule has 1 aromatic carbocycles. The molecular weight excluding hydrogens is 277 g/mol. The second-order valence-electron chi connectivity index (χ2n) is 6.24. The van der Waals surface area contributed by atoms with Gasteiger partial charge in [0.1, 0.15) is 5.82 Å². The van der Waals surface area contributed by atoms with Gasteiger partial charge in [0.05, 0.1) is 6.54 Å². The Balaban J connectivity index is 1.68. The maximum atomic E-state index is 14.0. The molecular formula is C18H24FN3. The molecule has 1 aromatic rings. The van der Waals surface area contributed by atoms with E-state index in [2.05, 4.69) is 29.7 Å². The first-order valence-electron chi connectivity index (χ1n) is 8.18. The average molecular weight is 301 g/mol. The Kier molecular flexibility index (Phi) is 4.46. The smallest absolute Gasteiger partial charge is 0.191 e. The zero-order valence-corrected chi connectivity index (χ0v) is 13.1. The molecule has 0 atom stereocenters. The summed E-state index contributed by atoms with van der Waals surface area (Å²) in [6, 6.07) is 7.54. The van der Waals surface area contributed by atoms with E-state index in [0.717, 1.165) is 43.8 Å². The average Bonchev–Trinajstić information content (AvgIpc) is 3.13. The summed E-state index contributed by atoms with van der Waals surface area (Å²) in [4.78, 5) is 4.73. The molecule has 0 spiro atoms. The van der Waals surface area contributed by atoms with Gasteiger partial charge in [0.25, 0.3) is 0 Å². The summed E-state index contributed by atoms with van der Waals surface area (Å²) in [5.41, 5.74) is 0.721. The number of hydrogen-bond acceptors (Lipinski definition) is 1. The molecule has 3 rings (SSSR count). The second-order valence-corrected chi connectivity index (χ2v) is 6.24. The largest absolute Gasteiger partial charge is 0.357 e. The zero-order valence-electron chi connectivity index (χ0n) is 13.1. The minimum absolute atomic E-state index is 0.0956. The van der Waals surface area contributed by atoms with Crippen LogP contribution in [0.5, 0.6) is 0 Å². The first-order chi connectivity index (χ1) is 10.7. The molecule has 2 aliphatic rings. The van der Waals surface area contributed by atoms with Crippen molar-refractivity contribution in [3.63, 3.8) is 0 Å². The number of halogens is 1. The second kappa shape index (κ2) is 6.51. The van der Waals surface area contributed by atoms with Crippen LogP contribution >= 0.6 is 0 Å². The first kappa shape index (κ1) is 15.1. The predicted octanol–water partition coefficient (Wildman–Crippen LogP) is 3.13. The lowest BCUT2D eigenvalue weighted by molar-refractivity contribution is 0.570. The van der Waals surface area contributed by atoms with Crippen LogP contribution in [0.1, 0.15) is 38.2 Å². The summed E-state index contributed by atoms with van der Waals surface area (Å²) in [5, 5.41) is 6.76. The normalized spacial score (nSPS) is 20.2. The standard InChI is InChI=1S/C18H24FN3/c1-2-20-17(22-14-7-3-4-8-14)21-13-18(11-12-18)15-9-5-6-10-16(15)19/h3-6,9-10,14H,2,7-8,11-13H2,1H3,(H2,20,21,22). The molecule has 0 radical (unpaired) electrons. The van der Waals surface area contributed by atoms with Gasteiger partial charge in [0, 0.05) is 18.0 Å². The van der Waals surface area contributed by atoms with Crippen molar-refractivity contribution >= 4 is 5.96 Å². The lowest BCUT2D eigenvalue weighted by atomic mass is 9.95. The number of hydrogen-bond donors (Lipinski definition) is 2. The van der Waals surface area contributed by atoms with Crippen LogP contribution in [-0.2, 0) is 5.41 Å². The van der Waals surface area contributed by atoms with Gasteiger partial charge in [-0.1, -0.05) is 30.4 Å². The molecule has 3 nitrogen and oxygen atoms in total. The van der Waals surface area contributed by atoms with Crippen LogP contribution in [0.3, 0.4) is 0 Å². The molecule has 4 heteroatoms. The lowest BCUT2D eigenvalue weighted by Gasteiger charge is -2.19. The highest BCUT2D eigenvalue weighted by molar-refractivity contribution is 5.80. The number of benzene rings is 1. The molecule has 0 bridgehead atoms. The molecule has 0 saturated heterocycles. The van der Waals surface area contributed by atoms with E-state index in [-0.39, 0.29) is 11.2 Å². The van der Waals surface area contributed by atoms with E-state index in [1.54, 1.807) is 12.1 Å². The van der Waals surface area contributed by atoms with Crippen molar-refractivity contribution in [1.82, 2.24) is 10.6 Å². The third-order valence-electron chi connectivity index (χ3n) is 4.53. The van der Waals surface area contributed by atoms with Crippen LogP contribution in [0.4, 0.5) is 4.39 Å². The minimum atomic E-state index is -0.104. The Morgan fingerprint density at radius 2 is 2.00 bits per heavy atom. The van der Waals surface area contributed by atoms with Crippen molar-refractivity contribution in [2.45, 2.75) is 44.1 Å². The maximum Gasteiger partial charge on any atom is 0.191 e. The topological polar surface area (TPSA) is 36.4 Å². The fourth-order valence-corrected chi connectivity index (χ4v) is 3.03. The van der Waals surface area contributed by atoms with Gasteiger partial charge < -0.3 is 10.6 Å². The molecule has 1 fully saturated rings. The number of nitrogens with one attached hydrogen (secondary N) is 2. The van der Waals surface area contributed by atoms with Crippen molar-refractivity contribution in [3.05, 3.63) is 47.8 Å². The van der Waals surface area contributed by atoms with E-state index in [1.807, 2.05) is 12.1 Å². The number of aliphatic imine (C=N–C) groups is 1. The molecule has 0 aromatic heterocycles. The summed E-state index contributed by atoms with van der Waals surface area (Å²) >= 11 is 0. The van der Waals surface area contributed by atoms with Gasteiger partial charge in [-0.15, -0.1) is 0 Å². The molecule has 0 heterocycles. The van der Waals surface area contributed by atoms with E-state index in [0.29, 0.717) is 12.6 Å². The van der Waals surface area contributed by atoms with Crippen LogP contribution in [0.2, 0.25) is 0 Å². The van der Waals surface area contributed by atoms with Crippen molar-refractivity contribution < 1.29 is 4.39 Å². The minimum Gasteiger partial charge on any atom is -0.357 e. The van der Waals surface area contributed by atoms with E-state index < -0.39 is 0 Å². The molecule has 0 amide bonds. The van der Waals surface area contributed by atoms with Crippen LogP contribution in [-0.4, -0.2) is 25.1 Å². The van der Waals surface area contributed by atoms with Gasteiger partial charge in [-0.25, -0.2) is 4.39 Å². The lowest BCUT2D eigenvalue weighted by Crippen LogP contribution is -2.43. The predicted molar refractivity (Wildman–Crippen MR) is 88.6 cm³/mol. The summed E-state index contributed by atoms with van der Waals surface area (Å²) in [7, 11) is 0. The third kappa shape index (κ3) is 3.32. The molecule has 0 unspecified atom stereocenters. The maximum absolute atomic E-state index is 14.0. The van der Waals surface area contributed by atoms with Gasteiger partial charge in [-0.2, -0.15) is 0 Å². The summed E-state index contributed by atoms with van der Waals surface area (Å²) < 4.78 is 14.0. The van der Waals surface area contributed by atoms with Crippen molar-refractivity contribution in [2.24, 2.45) is 4.99 Å². The molecule has 22 heavy (non-hydrogen) atoms. The van der Waals surface area contributed by atoms with Gasteiger partial charge in [-0.3, -0.25) is 4.99 Å². The fraction of sp³-hybridized carbons (Fsp3) is 0.500. The van der Waals surface area contributed by atoms with Crippen molar-refractivity contribution in [2.75, 3.05) is 13.1 Å². The van der Waals surface area contributed by atoms with E-state index in [4.69, 9.17) is 4.99 Å². The molecule has 2 aliphatic carbocycles. The van der Waals surface area contributed by atoms with Crippen molar-refractivity contribution in [1.29, 1.82) is 0 Å². The first-order valence-corrected chi connectivity index (χ1v) is 8.18. The van der Waals surface area contributed by atoms with Gasteiger partial charge in [-0.05, 0) is 44.2 Å². The Morgan fingerprint density at radius 3 is 2.64 bits per heavy atom. The van der Waals surface area contributed by atoms with Gasteiger partial charge in [0.2, 0.25) is 0 Å². The number of rotatable bonds is 5. The summed E-state index contributed by atoms with van der Waals surface area (Å²) in [6.07, 6.45) is 8.52. The van der Waals surface area contributed by atoms with Gasteiger partial charge in [0.15, 0.2) is 5.96 Å². The Hall–Kier alpha value is -1.84. The van der Waals surface area contributed by atoms with Gasteiger partial charge >= 0.3 is 0 Å². The highest BCUT2D eigenvalue weighted by atomic mass is 19.1. The Bertz CT molecular complexity index is 567. The van der Waals surface area contributed by atoms with Crippen LogP contribution in [0.25, 0.3) is 0 Å². The SMILES string of the molecule is CCNC(=NCC1(c2ccccc2F)CC1)NC1CC=CC1. The Morgan fingerprint density at radius 1 is 1.27 bits per heavy atom. The monoisotopic (exact) mass is 301 g/mol. The zero-order chi connectivity index (χ0) is 15.4. The number of guanidine groups is 1. The highest BCUT2D eigenvalue weighted by Crippen LogP contribution is 2.49. The molecule has 118 valence electrons.